The number of aromatic amines is 1. The molecule has 0 unspecified atom stereocenters. The molecule has 210 valence electrons. The number of hydrogen-bond donors (Lipinski definition) is 1. The third-order valence-corrected chi connectivity index (χ3v) is 9.10. The Morgan fingerprint density at radius 1 is 0.878 bits per heavy atom. The molecule has 0 saturated carbocycles. The molecule has 0 atom stereocenters. The molecule has 1 aliphatic heterocycles. The van der Waals surface area contributed by atoms with Crippen LogP contribution in [0.2, 0.25) is 0 Å². The Morgan fingerprint density at radius 2 is 1.61 bits per heavy atom. The number of aryl methyl sites for hydroxylation is 1. The van der Waals surface area contributed by atoms with Crippen LogP contribution in [0.3, 0.4) is 0 Å². The first-order valence-electron chi connectivity index (χ1n) is 14.3. The summed E-state index contributed by atoms with van der Waals surface area (Å²) in [5.41, 5.74) is 7.33. The molecule has 2 aromatic heterocycles. The van der Waals surface area contributed by atoms with Crippen LogP contribution in [0.25, 0.3) is 40.0 Å². The summed E-state index contributed by atoms with van der Waals surface area (Å²) in [6, 6.07) is 28.3. The molecule has 3 heterocycles. The summed E-state index contributed by atoms with van der Waals surface area (Å²) in [5.74, 6) is 0. The normalized spacial score (nSPS) is 14.0. The smallest absolute Gasteiger partial charge is 0.213 e. The topological polar surface area (TPSA) is 26.1 Å². The first-order valence-corrected chi connectivity index (χ1v) is 15.1. The van der Waals surface area contributed by atoms with Crippen LogP contribution in [0.1, 0.15) is 37.1 Å². The highest BCUT2D eigenvalue weighted by atomic mass is 127. The van der Waals surface area contributed by atoms with Gasteiger partial charge in [0.05, 0.1) is 16.1 Å². The van der Waals surface area contributed by atoms with E-state index in [0.29, 0.717) is 0 Å². The minimum Gasteiger partial charge on any atom is -1.00 e. The van der Waals surface area contributed by atoms with Gasteiger partial charge in [-0.1, -0.05) is 68.1 Å². The van der Waals surface area contributed by atoms with E-state index in [4.69, 9.17) is 0 Å². The van der Waals surface area contributed by atoms with Crippen molar-refractivity contribution in [3.8, 4) is 0 Å². The van der Waals surface area contributed by atoms with Crippen molar-refractivity contribution in [2.24, 2.45) is 7.05 Å². The van der Waals surface area contributed by atoms with Gasteiger partial charge in [-0.3, -0.25) is 0 Å². The van der Waals surface area contributed by atoms with E-state index < -0.39 is 0 Å². The lowest BCUT2D eigenvalue weighted by molar-refractivity contribution is -0.646. The van der Waals surface area contributed by atoms with Crippen LogP contribution < -0.4 is 33.4 Å². The molecule has 0 aliphatic carbocycles. The highest BCUT2D eigenvalue weighted by Gasteiger charge is 2.25. The number of benzene rings is 3. The molecule has 3 aromatic carbocycles. The van der Waals surface area contributed by atoms with Gasteiger partial charge in [0.2, 0.25) is 11.2 Å². The van der Waals surface area contributed by atoms with Crippen LogP contribution in [0.4, 0.5) is 5.69 Å². The van der Waals surface area contributed by atoms with Gasteiger partial charge in [-0.25, -0.2) is 0 Å². The highest BCUT2D eigenvalue weighted by Crippen LogP contribution is 2.46. The Bertz CT molecular complexity index is 1720. The third kappa shape index (κ3) is 6.10. The van der Waals surface area contributed by atoms with Crippen LogP contribution in [0, 0.1) is 0 Å². The fourth-order valence-corrected chi connectivity index (χ4v) is 6.83. The number of H-pyrrole nitrogens is 1. The molecule has 1 N–H and O–H groups in total. The highest BCUT2D eigenvalue weighted by molar-refractivity contribution is 8.03. The quantitative estimate of drug-likeness (QED) is 0.177. The number of fused-ring (bicyclic) bond motifs is 3. The van der Waals surface area contributed by atoms with E-state index in [9.17, 15) is 0 Å². The number of thioether (sulfide) groups is 1. The number of rotatable bonds is 9. The maximum atomic E-state index is 3.39. The second-order valence-electron chi connectivity index (χ2n) is 10.3. The molecule has 1 aliphatic rings. The van der Waals surface area contributed by atoms with Gasteiger partial charge in [-0.2, -0.15) is 4.57 Å². The second kappa shape index (κ2) is 13.3. The summed E-state index contributed by atoms with van der Waals surface area (Å²) < 4.78 is 2.29. The molecule has 5 aromatic rings. The van der Waals surface area contributed by atoms with Crippen LogP contribution in [0.15, 0.2) is 95.0 Å². The van der Waals surface area contributed by atoms with Crippen LogP contribution in [-0.4, -0.2) is 36.1 Å². The Kier molecular flexibility index (Phi) is 9.53. The second-order valence-corrected chi connectivity index (χ2v) is 11.4. The minimum atomic E-state index is 0. The monoisotopic (exact) mass is 672 g/mol. The van der Waals surface area contributed by atoms with Gasteiger partial charge in [0.1, 0.15) is 7.05 Å². The summed E-state index contributed by atoms with van der Waals surface area (Å²) >= 11 is 1.89. The van der Waals surface area contributed by atoms with Gasteiger partial charge >= 0.3 is 0 Å². The Hall–Kier alpha value is -3.07. The summed E-state index contributed by atoms with van der Waals surface area (Å²) in [6.45, 7) is 8.84. The molecular formula is C35H37IN4S. The number of nitrogens with zero attached hydrogens (tertiary/aromatic N) is 3. The lowest BCUT2D eigenvalue weighted by Crippen LogP contribution is -3.00. The summed E-state index contributed by atoms with van der Waals surface area (Å²) in [5, 5.41) is 3.80. The van der Waals surface area contributed by atoms with Crippen molar-refractivity contribution in [3.05, 3.63) is 107 Å². The van der Waals surface area contributed by atoms with Gasteiger partial charge in [0.25, 0.3) is 0 Å². The van der Waals surface area contributed by atoms with E-state index in [1.165, 1.54) is 48.7 Å². The Morgan fingerprint density at radius 3 is 2.44 bits per heavy atom. The fourth-order valence-electron chi connectivity index (χ4n) is 5.69. The number of aromatic nitrogens is 2. The van der Waals surface area contributed by atoms with Gasteiger partial charge in [0.15, 0.2) is 0 Å². The molecule has 4 nitrogen and oxygen atoms in total. The largest absolute Gasteiger partial charge is 1.00 e. The lowest BCUT2D eigenvalue weighted by Gasteiger charge is -2.23. The van der Waals surface area contributed by atoms with Crippen molar-refractivity contribution in [1.82, 2.24) is 9.88 Å². The number of halogens is 1. The number of anilines is 1. The Balaban J connectivity index is 0.00000337. The van der Waals surface area contributed by atoms with Crippen molar-refractivity contribution in [2.75, 3.05) is 31.1 Å². The molecule has 0 saturated heterocycles. The lowest BCUT2D eigenvalue weighted by atomic mass is 10.1. The molecule has 0 bridgehead atoms. The van der Waals surface area contributed by atoms with E-state index in [-0.39, 0.29) is 24.0 Å². The van der Waals surface area contributed by atoms with Gasteiger partial charge in [-0.05, 0) is 73.6 Å². The van der Waals surface area contributed by atoms with E-state index in [1.807, 2.05) is 11.8 Å². The summed E-state index contributed by atoms with van der Waals surface area (Å²) in [6.07, 6.45) is 10.1. The van der Waals surface area contributed by atoms with Gasteiger partial charge in [-0.15, -0.1) is 0 Å². The average molecular weight is 673 g/mol. The van der Waals surface area contributed by atoms with E-state index in [2.05, 4.69) is 144 Å². The average Bonchev–Trinajstić information content (AvgIpc) is 3.57. The number of pyridine rings is 1. The number of para-hydroxylation sites is 3. The molecule has 41 heavy (non-hydrogen) atoms. The van der Waals surface area contributed by atoms with Gasteiger partial charge in [0, 0.05) is 46.7 Å². The summed E-state index contributed by atoms with van der Waals surface area (Å²) in [7, 11) is 2.16. The maximum absolute atomic E-state index is 3.39. The van der Waals surface area contributed by atoms with Crippen molar-refractivity contribution in [1.29, 1.82) is 0 Å². The molecule has 0 radical (unpaired) electrons. The SMILES string of the molecule is CCN(CC)CCCN1/C(=C/c2cc(/C=C/c3c[nH]c4ccccc34)[n+](C)c3ccccc23)Sc2ccccc21.[I-]. The first-order chi connectivity index (χ1) is 19.7. The number of nitrogens with one attached hydrogen (secondary N) is 1. The summed E-state index contributed by atoms with van der Waals surface area (Å²) in [4.78, 5) is 9.76. The van der Waals surface area contributed by atoms with Crippen LogP contribution >= 0.6 is 11.8 Å². The molecular weight excluding hydrogens is 635 g/mol. The van der Waals surface area contributed by atoms with E-state index in [1.54, 1.807) is 0 Å². The third-order valence-electron chi connectivity index (χ3n) is 7.99. The van der Waals surface area contributed by atoms with E-state index in [0.717, 1.165) is 38.1 Å². The Labute approximate surface area is 264 Å². The zero-order valence-electron chi connectivity index (χ0n) is 24.0. The standard InChI is InChI=1S/C35H36N4S.HI/c1-4-38(5-2)21-12-22-39-33-17-10-11-18-34(33)40-35(39)24-27-23-28(37(3)32-16-9-7-14-30(27)32)20-19-26-25-36-31-15-8-6-13-29(26)31;/h6-11,13-20,23-25H,4-5,12,21-22H2,1-3H3;1H/b35-24-;. The van der Waals surface area contributed by atoms with Crippen LogP contribution in [0.5, 0.6) is 0 Å². The van der Waals surface area contributed by atoms with E-state index >= 15 is 0 Å². The van der Waals surface area contributed by atoms with Crippen molar-refractivity contribution in [2.45, 2.75) is 25.2 Å². The first kappa shape index (κ1) is 29.4. The zero-order valence-corrected chi connectivity index (χ0v) is 27.0. The van der Waals surface area contributed by atoms with Crippen molar-refractivity contribution in [3.63, 3.8) is 0 Å². The van der Waals surface area contributed by atoms with Gasteiger partial charge < -0.3 is 38.8 Å². The predicted octanol–water partition coefficient (Wildman–Crippen LogP) is 4.96. The van der Waals surface area contributed by atoms with Crippen molar-refractivity contribution >= 4 is 57.5 Å². The predicted molar refractivity (Wildman–Crippen MR) is 172 cm³/mol. The maximum Gasteiger partial charge on any atom is 0.213 e. The fraction of sp³-hybridized carbons (Fsp3) is 0.229. The minimum absolute atomic E-state index is 0. The zero-order chi connectivity index (χ0) is 27.5. The molecule has 6 rings (SSSR count). The van der Waals surface area contributed by atoms with Crippen molar-refractivity contribution < 1.29 is 28.5 Å². The number of hydrogen-bond acceptors (Lipinski definition) is 3. The molecule has 6 heteroatoms. The molecule has 0 amide bonds. The molecule has 0 fully saturated rings. The van der Waals surface area contributed by atoms with Crippen LogP contribution in [-0.2, 0) is 7.05 Å². The molecule has 0 spiro atoms.